The van der Waals surface area contributed by atoms with Gasteiger partial charge < -0.3 is 16.4 Å². The monoisotopic (exact) mass is 489 g/mol. The standard InChI is InChI=1S/C23H16ClF4N5O/c24-15-5-1-13(2-6-15)19-20(21(29)33(32-19)18-11-7-16(25)8-12-18)31-22(34)30-17-9-3-14(4-10-17)23(26,27)28/h1-12H,29H2,(H2,30,31,34). The highest BCUT2D eigenvalue weighted by Gasteiger charge is 2.30. The van der Waals surface area contributed by atoms with Gasteiger partial charge in [-0.1, -0.05) is 23.7 Å². The maximum absolute atomic E-state index is 13.4. The highest BCUT2D eigenvalue weighted by molar-refractivity contribution is 6.30. The van der Waals surface area contributed by atoms with Crippen LogP contribution >= 0.6 is 11.6 Å². The first kappa shape index (κ1) is 23.1. The van der Waals surface area contributed by atoms with Crippen LogP contribution in [0.5, 0.6) is 0 Å². The van der Waals surface area contributed by atoms with Crippen LogP contribution in [0.2, 0.25) is 5.02 Å². The molecule has 0 aliphatic heterocycles. The van der Waals surface area contributed by atoms with Crippen LogP contribution in [-0.2, 0) is 6.18 Å². The average Bonchev–Trinajstić information content (AvgIpc) is 3.10. The van der Waals surface area contributed by atoms with E-state index < -0.39 is 23.6 Å². The largest absolute Gasteiger partial charge is 0.416 e. The van der Waals surface area contributed by atoms with E-state index in [-0.39, 0.29) is 17.2 Å². The van der Waals surface area contributed by atoms with E-state index in [9.17, 15) is 22.4 Å². The molecule has 0 aliphatic carbocycles. The summed E-state index contributed by atoms with van der Waals surface area (Å²) < 4.78 is 53.0. The second kappa shape index (κ2) is 9.06. The molecule has 0 fully saturated rings. The molecule has 4 aromatic rings. The first-order chi connectivity index (χ1) is 16.1. The van der Waals surface area contributed by atoms with Crippen LogP contribution in [0, 0.1) is 5.82 Å². The van der Waals surface area contributed by atoms with Crippen LogP contribution in [0.3, 0.4) is 0 Å². The highest BCUT2D eigenvalue weighted by Crippen LogP contribution is 2.35. The first-order valence-corrected chi connectivity index (χ1v) is 10.2. The van der Waals surface area contributed by atoms with Crippen molar-refractivity contribution in [3.63, 3.8) is 0 Å². The molecule has 6 nitrogen and oxygen atoms in total. The minimum absolute atomic E-state index is 0.0547. The number of aromatic nitrogens is 2. The molecule has 1 aromatic heterocycles. The number of halogens is 5. The number of hydrogen-bond acceptors (Lipinski definition) is 3. The summed E-state index contributed by atoms with van der Waals surface area (Å²) in [6.07, 6.45) is -4.49. The number of carbonyl (C=O) groups is 1. The number of hydrogen-bond donors (Lipinski definition) is 3. The average molecular weight is 490 g/mol. The van der Waals surface area contributed by atoms with E-state index in [4.69, 9.17) is 17.3 Å². The molecule has 0 aliphatic rings. The van der Waals surface area contributed by atoms with Gasteiger partial charge in [-0.2, -0.15) is 18.3 Å². The number of nitrogens with one attached hydrogen (secondary N) is 2. The van der Waals surface area contributed by atoms with Crippen molar-refractivity contribution in [3.05, 3.63) is 89.2 Å². The highest BCUT2D eigenvalue weighted by atomic mass is 35.5. The lowest BCUT2D eigenvalue weighted by Crippen LogP contribution is -2.20. The minimum Gasteiger partial charge on any atom is -0.382 e. The Morgan fingerprint density at radius 1 is 0.912 bits per heavy atom. The van der Waals surface area contributed by atoms with E-state index in [1.165, 1.54) is 28.9 Å². The zero-order chi connectivity index (χ0) is 24.5. The Hall–Kier alpha value is -4.05. The first-order valence-electron chi connectivity index (χ1n) is 9.77. The van der Waals surface area contributed by atoms with Crippen LogP contribution in [0.15, 0.2) is 72.8 Å². The third-order valence-corrected chi connectivity index (χ3v) is 5.07. The van der Waals surface area contributed by atoms with Gasteiger partial charge in [-0.05, 0) is 60.7 Å². The summed E-state index contributed by atoms with van der Waals surface area (Å²) in [5.41, 5.74) is 7.06. The Balaban J connectivity index is 1.66. The van der Waals surface area contributed by atoms with E-state index in [2.05, 4.69) is 15.7 Å². The zero-order valence-electron chi connectivity index (χ0n) is 17.2. The minimum atomic E-state index is -4.49. The number of urea groups is 1. The third kappa shape index (κ3) is 4.96. The van der Waals surface area contributed by atoms with Crippen LogP contribution in [-0.4, -0.2) is 15.8 Å². The molecule has 0 saturated heterocycles. The van der Waals surface area contributed by atoms with Gasteiger partial charge in [-0.15, -0.1) is 0 Å². The molecule has 4 rings (SSSR count). The molecule has 2 amide bonds. The number of nitrogens with zero attached hydrogens (tertiary/aromatic N) is 2. The van der Waals surface area contributed by atoms with E-state index in [1.54, 1.807) is 24.3 Å². The summed E-state index contributed by atoms with van der Waals surface area (Å²) in [5.74, 6) is -0.388. The molecular formula is C23H16ClF4N5O. The molecular weight excluding hydrogens is 474 g/mol. The van der Waals surface area contributed by atoms with Gasteiger partial charge >= 0.3 is 12.2 Å². The summed E-state index contributed by atoms with van der Waals surface area (Å²) in [6, 6.07) is 15.3. The summed E-state index contributed by atoms with van der Waals surface area (Å²) in [7, 11) is 0. The van der Waals surface area contributed by atoms with Gasteiger partial charge in [0, 0.05) is 16.3 Å². The van der Waals surface area contributed by atoms with Crippen molar-refractivity contribution in [1.82, 2.24) is 9.78 Å². The number of anilines is 3. The topological polar surface area (TPSA) is 85.0 Å². The molecule has 0 saturated carbocycles. The predicted molar refractivity (Wildman–Crippen MR) is 122 cm³/mol. The Labute approximate surface area is 196 Å². The van der Waals surface area contributed by atoms with Gasteiger partial charge in [0.25, 0.3) is 0 Å². The molecule has 0 spiro atoms. The normalized spacial score (nSPS) is 11.3. The molecule has 0 bridgehead atoms. The number of nitrogens with two attached hydrogens (primary N) is 1. The molecule has 0 unspecified atom stereocenters. The number of nitrogen functional groups attached to an aromatic ring is 1. The van der Waals surface area contributed by atoms with Crippen molar-refractivity contribution in [2.24, 2.45) is 0 Å². The third-order valence-electron chi connectivity index (χ3n) is 4.82. The molecule has 1 heterocycles. The molecule has 34 heavy (non-hydrogen) atoms. The quantitative estimate of drug-likeness (QED) is 0.283. The van der Waals surface area contributed by atoms with Crippen molar-refractivity contribution in [2.75, 3.05) is 16.4 Å². The fourth-order valence-electron chi connectivity index (χ4n) is 3.16. The zero-order valence-corrected chi connectivity index (χ0v) is 18.0. The van der Waals surface area contributed by atoms with E-state index in [1.807, 2.05) is 0 Å². The maximum Gasteiger partial charge on any atom is 0.416 e. The Bertz CT molecular complexity index is 1320. The fourth-order valence-corrected chi connectivity index (χ4v) is 3.29. The van der Waals surface area contributed by atoms with Crippen LogP contribution < -0.4 is 16.4 Å². The smallest absolute Gasteiger partial charge is 0.382 e. The fraction of sp³-hybridized carbons (Fsp3) is 0.0435. The van der Waals surface area contributed by atoms with Crippen molar-refractivity contribution < 1.29 is 22.4 Å². The second-order valence-corrected chi connectivity index (χ2v) is 7.59. The maximum atomic E-state index is 13.4. The van der Waals surface area contributed by atoms with Gasteiger partial charge in [0.2, 0.25) is 0 Å². The van der Waals surface area contributed by atoms with Gasteiger partial charge in [-0.3, -0.25) is 0 Å². The summed E-state index contributed by atoms with van der Waals surface area (Å²) >= 11 is 5.96. The van der Waals surface area contributed by atoms with Crippen LogP contribution in [0.4, 0.5) is 39.5 Å². The lowest BCUT2D eigenvalue weighted by molar-refractivity contribution is -0.137. The van der Waals surface area contributed by atoms with E-state index in [0.717, 1.165) is 24.3 Å². The number of amides is 2. The van der Waals surface area contributed by atoms with Crippen molar-refractivity contribution in [2.45, 2.75) is 6.18 Å². The number of carbonyl (C=O) groups excluding carboxylic acids is 1. The second-order valence-electron chi connectivity index (χ2n) is 7.16. The van der Waals surface area contributed by atoms with Crippen molar-refractivity contribution >= 4 is 34.8 Å². The SMILES string of the molecule is Nc1c(NC(=O)Nc2ccc(C(F)(F)F)cc2)c(-c2ccc(Cl)cc2)nn1-c1ccc(F)cc1. The molecule has 3 aromatic carbocycles. The van der Waals surface area contributed by atoms with E-state index in [0.29, 0.717) is 22.0 Å². The number of rotatable bonds is 4. The number of alkyl halides is 3. The molecule has 0 radical (unpaired) electrons. The Morgan fingerprint density at radius 3 is 2.12 bits per heavy atom. The van der Waals surface area contributed by atoms with Crippen LogP contribution in [0.1, 0.15) is 5.56 Å². The lowest BCUT2D eigenvalue weighted by Gasteiger charge is -2.11. The molecule has 174 valence electrons. The molecule has 4 N–H and O–H groups in total. The summed E-state index contributed by atoms with van der Waals surface area (Å²) in [5, 5.41) is 10.0. The molecule has 0 atom stereocenters. The van der Waals surface area contributed by atoms with Crippen molar-refractivity contribution in [3.8, 4) is 16.9 Å². The molecule has 11 heteroatoms. The van der Waals surface area contributed by atoms with Crippen LogP contribution in [0.25, 0.3) is 16.9 Å². The van der Waals surface area contributed by atoms with Gasteiger partial charge in [0.15, 0.2) is 5.82 Å². The van der Waals surface area contributed by atoms with Gasteiger partial charge in [0.1, 0.15) is 17.2 Å². The van der Waals surface area contributed by atoms with Gasteiger partial charge in [-0.25, -0.2) is 13.9 Å². The van der Waals surface area contributed by atoms with E-state index >= 15 is 0 Å². The van der Waals surface area contributed by atoms with Gasteiger partial charge in [0.05, 0.1) is 11.3 Å². The van der Waals surface area contributed by atoms with Crippen molar-refractivity contribution in [1.29, 1.82) is 0 Å². The summed E-state index contributed by atoms with van der Waals surface area (Å²) in [6.45, 7) is 0. The number of benzene rings is 3. The Kier molecular flexibility index (Phi) is 6.16. The lowest BCUT2D eigenvalue weighted by atomic mass is 10.1. The Morgan fingerprint density at radius 2 is 1.53 bits per heavy atom. The summed E-state index contributed by atoms with van der Waals surface area (Å²) in [4.78, 5) is 12.6. The predicted octanol–water partition coefficient (Wildman–Crippen LogP) is 6.58.